The fourth-order valence-corrected chi connectivity index (χ4v) is 5.08. The van der Waals surface area contributed by atoms with Crippen LogP contribution in [-0.2, 0) is 15.0 Å². The van der Waals surface area contributed by atoms with Crippen molar-refractivity contribution in [3.05, 3.63) is 30.1 Å². The van der Waals surface area contributed by atoms with Crippen LogP contribution in [0.5, 0.6) is 11.5 Å². The lowest BCUT2D eigenvalue weighted by atomic mass is 10.1. The Hall–Kier alpha value is -2.66. The molecule has 1 unspecified atom stereocenters. The molecule has 0 spiro atoms. The number of carbonyl (C=O) groups excluding carboxylic acids is 1. The molecule has 0 radical (unpaired) electrons. The zero-order chi connectivity index (χ0) is 22.6. The van der Waals surface area contributed by atoms with Crippen LogP contribution in [0.2, 0.25) is 0 Å². The van der Waals surface area contributed by atoms with Gasteiger partial charge in [-0.05, 0) is 43.9 Å². The summed E-state index contributed by atoms with van der Waals surface area (Å²) in [4.78, 5) is 13.5. The quantitative estimate of drug-likeness (QED) is 0.716. The summed E-state index contributed by atoms with van der Waals surface area (Å²) in [5, 5.41) is 10.5. The first-order chi connectivity index (χ1) is 14.5. The van der Waals surface area contributed by atoms with Gasteiger partial charge in [0, 0.05) is 24.5 Å². The highest BCUT2D eigenvalue weighted by molar-refractivity contribution is 7.92. The highest BCUT2D eigenvalue weighted by atomic mass is 32.2. The largest absolute Gasteiger partial charge is 0.506 e. The Morgan fingerprint density at radius 2 is 2.06 bits per heavy atom. The Kier molecular flexibility index (Phi) is 5.21. The fourth-order valence-electron chi connectivity index (χ4n) is 3.92. The van der Waals surface area contributed by atoms with E-state index in [1.165, 1.54) is 24.3 Å². The molecule has 0 saturated carbocycles. The Morgan fingerprint density at radius 1 is 1.32 bits per heavy atom. The maximum Gasteiger partial charge on any atom is 0.326 e. The number of halogens is 2. The first-order valence-electron chi connectivity index (χ1n) is 9.83. The summed E-state index contributed by atoms with van der Waals surface area (Å²) < 4.78 is 62.3. The Balaban J connectivity index is 1.63. The van der Waals surface area contributed by atoms with Gasteiger partial charge in [-0.25, -0.2) is 17.8 Å². The van der Waals surface area contributed by atoms with Gasteiger partial charge in [0.15, 0.2) is 11.5 Å². The van der Waals surface area contributed by atoms with E-state index in [-0.39, 0.29) is 30.3 Å². The number of benzene rings is 2. The topological polar surface area (TPSA) is 99.2 Å². The van der Waals surface area contributed by atoms with Crippen LogP contribution in [0.15, 0.2) is 24.3 Å². The number of hydrogen-bond donors (Lipinski definition) is 2. The molecule has 2 aliphatic heterocycles. The molecule has 11 heteroatoms. The van der Waals surface area contributed by atoms with Crippen molar-refractivity contribution >= 4 is 32.6 Å². The molecular formula is C20H23F2N3O5S. The van der Waals surface area contributed by atoms with Gasteiger partial charge in [0.25, 0.3) is 5.91 Å². The van der Waals surface area contributed by atoms with Gasteiger partial charge < -0.3 is 9.84 Å². The van der Waals surface area contributed by atoms with Crippen molar-refractivity contribution in [1.82, 2.24) is 9.62 Å². The number of nitrogens with one attached hydrogen (secondary N) is 1. The third kappa shape index (κ3) is 3.99. The van der Waals surface area contributed by atoms with E-state index in [2.05, 4.69) is 0 Å². The Morgan fingerprint density at radius 3 is 2.68 bits per heavy atom. The van der Waals surface area contributed by atoms with Crippen LogP contribution in [0, 0.1) is 5.82 Å². The minimum Gasteiger partial charge on any atom is -0.506 e. The maximum atomic E-state index is 15.2. The summed E-state index contributed by atoms with van der Waals surface area (Å²) in [6.07, 6.45) is 0.332. The van der Waals surface area contributed by atoms with Gasteiger partial charge >= 0.3 is 10.2 Å². The lowest BCUT2D eigenvalue weighted by Gasteiger charge is -2.23. The predicted molar refractivity (Wildman–Crippen MR) is 111 cm³/mol. The highest BCUT2D eigenvalue weighted by Crippen LogP contribution is 2.39. The fraction of sp³-hybridized carbons (Fsp3) is 0.450. The molecule has 31 heavy (non-hydrogen) atoms. The number of likely N-dealkylation sites (tertiary alicyclic amines) is 1. The van der Waals surface area contributed by atoms with E-state index < -0.39 is 45.6 Å². The Labute approximate surface area is 178 Å². The third-order valence-corrected chi connectivity index (χ3v) is 7.01. The van der Waals surface area contributed by atoms with Crippen molar-refractivity contribution in [3.63, 3.8) is 0 Å². The number of ether oxygens (including phenoxy) is 1. The average Bonchev–Trinajstić information content (AvgIpc) is 3.20. The molecule has 2 N–H and O–H groups in total. The summed E-state index contributed by atoms with van der Waals surface area (Å²) in [5.74, 6) is -2.28. The van der Waals surface area contributed by atoms with Crippen LogP contribution >= 0.6 is 0 Å². The smallest absolute Gasteiger partial charge is 0.326 e. The summed E-state index contributed by atoms with van der Waals surface area (Å²) in [7, 11) is -4.31. The molecule has 2 aromatic carbocycles. The molecule has 2 aliphatic rings. The third-order valence-electron chi connectivity index (χ3n) is 5.63. The molecule has 2 heterocycles. The molecule has 8 nitrogen and oxygen atoms in total. The van der Waals surface area contributed by atoms with Crippen LogP contribution in [0.4, 0.5) is 14.5 Å². The average molecular weight is 455 g/mol. The summed E-state index contributed by atoms with van der Waals surface area (Å²) in [6, 6.07) is 5.76. The number of phenolic OH excluding ortho intramolecular Hbond substituents is 1. The van der Waals surface area contributed by atoms with E-state index in [9.17, 15) is 18.3 Å². The van der Waals surface area contributed by atoms with Crippen molar-refractivity contribution in [3.8, 4) is 11.5 Å². The number of fused-ring (bicyclic) bond motifs is 1. The number of hydrogen-bond acceptors (Lipinski definition) is 6. The minimum absolute atomic E-state index is 0.0250. The van der Waals surface area contributed by atoms with Crippen molar-refractivity contribution in [2.24, 2.45) is 0 Å². The zero-order valence-corrected chi connectivity index (χ0v) is 17.9. The summed E-state index contributed by atoms with van der Waals surface area (Å²) in [5.41, 5.74) is -2.15. The van der Waals surface area contributed by atoms with Crippen molar-refractivity contribution < 1.29 is 31.8 Å². The second-order valence-corrected chi connectivity index (χ2v) is 9.83. The minimum atomic E-state index is -4.31. The molecule has 1 atom stereocenters. The van der Waals surface area contributed by atoms with Crippen LogP contribution < -0.4 is 13.8 Å². The monoisotopic (exact) mass is 455 g/mol. The molecule has 4 rings (SSSR count). The zero-order valence-electron chi connectivity index (χ0n) is 17.1. The number of anilines is 1. The molecule has 1 amide bonds. The van der Waals surface area contributed by atoms with Crippen molar-refractivity contribution in [2.45, 2.75) is 32.0 Å². The Bertz CT molecular complexity index is 1160. The van der Waals surface area contributed by atoms with Gasteiger partial charge in [-0.2, -0.15) is 8.42 Å². The number of rotatable bonds is 5. The van der Waals surface area contributed by atoms with E-state index in [4.69, 9.17) is 4.74 Å². The van der Waals surface area contributed by atoms with E-state index in [0.29, 0.717) is 22.7 Å². The second-order valence-electron chi connectivity index (χ2n) is 8.23. The first-order valence-corrected chi connectivity index (χ1v) is 11.3. The molecule has 168 valence electrons. The molecule has 2 fully saturated rings. The van der Waals surface area contributed by atoms with E-state index in [0.717, 1.165) is 0 Å². The van der Waals surface area contributed by atoms with Crippen molar-refractivity contribution in [2.75, 3.05) is 30.5 Å². The molecular weight excluding hydrogens is 432 g/mol. The second kappa shape index (κ2) is 7.49. The molecule has 0 bridgehead atoms. The molecule has 0 aliphatic carbocycles. The first kappa shape index (κ1) is 21.6. The number of nitrogens with zero attached hydrogens (tertiary/aromatic N) is 2. The predicted octanol–water partition coefficient (Wildman–Crippen LogP) is 2.07. The van der Waals surface area contributed by atoms with E-state index in [1.807, 2.05) is 18.7 Å². The lowest BCUT2D eigenvalue weighted by molar-refractivity contribution is -0.117. The molecule has 2 saturated heterocycles. The van der Waals surface area contributed by atoms with E-state index in [1.54, 1.807) is 4.72 Å². The number of alkyl halides is 1. The number of amides is 1. The maximum absolute atomic E-state index is 15.2. The lowest BCUT2D eigenvalue weighted by Crippen LogP contribution is -2.37. The van der Waals surface area contributed by atoms with Gasteiger partial charge in [-0.3, -0.25) is 9.69 Å². The SMILES string of the molecule is CC(C)N1CCC(F)(COc2ccc3cc(O)c(N4CC(=O)NS4(=O)=O)c(F)c3c2)C1. The van der Waals surface area contributed by atoms with Crippen LogP contribution in [0.1, 0.15) is 20.3 Å². The van der Waals surface area contributed by atoms with Crippen LogP contribution in [-0.4, -0.2) is 62.3 Å². The normalized spacial score (nSPS) is 23.6. The van der Waals surface area contributed by atoms with E-state index >= 15 is 8.78 Å². The highest BCUT2D eigenvalue weighted by Gasteiger charge is 2.40. The number of carbonyl (C=O) groups is 1. The van der Waals surface area contributed by atoms with Crippen molar-refractivity contribution in [1.29, 1.82) is 0 Å². The summed E-state index contributed by atoms with van der Waals surface area (Å²) >= 11 is 0. The van der Waals surface area contributed by atoms with Crippen LogP contribution in [0.25, 0.3) is 10.8 Å². The number of aromatic hydroxyl groups is 1. The van der Waals surface area contributed by atoms with Gasteiger partial charge in [0.05, 0.1) is 0 Å². The molecule has 2 aromatic rings. The standard InChI is InChI=1S/C20H23F2N3O5S/c1-12(2)24-6-5-20(22,10-24)11-30-14-4-3-13-7-16(26)19(18(21)15(13)8-14)25-9-17(27)23-31(25,28)29/h3-4,7-8,12,26H,5-6,9-11H2,1-2H3,(H,23,27). The molecule has 0 aromatic heterocycles. The van der Waals surface area contributed by atoms with Crippen LogP contribution in [0.3, 0.4) is 0 Å². The van der Waals surface area contributed by atoms with Gasteiger partial charge in [-0.15, -0.1) is 0 Å². The summed E-state index contributed by atoms with van der Waals surface area (Å²) in [6.45, 7) is 4.02. The number of phenols is 1. The van der Waals surface area contributed by atoms with Gasteiger partial charge in [0.2, 0.25) is 0 Å². The van der Waals surface area contributed by atoms with Gasteiger partial charge in [-0.1, -0.05) is 6.07 Å². The van der Waals surface area contributed by atoms with Gasteiger partial charge in [0.1, 0.15) is 30.3 Å².